The Labute approximate surface area is 96.4 Å². The van der Waals surface area contributed by atoms with Crippen LogP contribution in [0, 0.1) is 5.92 Å². The van der Waals surface area contributed by atoms with Gasteiger partial charge in [-0.15, -0.1) is 0 Å². The molecule has 0 aromatic heterocycles. The van der Waals surface area contributed by atoms with Crippen molar-refractivity contribution >= 4 is 11.9 Å². The highest BCUT2D eigenvalue weighted by Crippen LogP contribution is 2.14. The normalized spacial score (nSPS) is 14.2. The Morgan fingerprint density at radius 1 is 1.44 bits per heavy atom. The van der Waals surface area contributed by atoms with Gasteiger partial charge in [0.05, 0.1) is 13.0 Å². The Morgan fingerprint density at radius 2 is 2.06 bits per heavy atom. The summed E-state index contributed by atoms with van der Waals surface area (Å²) in [5, 5.41) is 11.4. The van der Waals surface area contributed by atoms with Crippen LogP contribution in [0.1, 0.15) is 39.5 Å². The summed E-state index contributed by atoms with van der Waals surface area (Å²) in [4.78, 5) is 21.8. The van der Waals surface area contributed by atoms with Gasteiger partial charge in [-0.2, -0.15) is 0 Å². The summed E-state index contributed by atoms with van der Waals surface area (Å²) in [5.41, 5.74) is 5.18. The smallest absolute Gasteiger partial charge is 0.305 e. The summed E-state index contributed by atoms with van der Waals surface area (Å²) < 4.78 is 0. The molecule has 0 saturated carbocycles. The molecular weight excluding hydrogens is 208 g/mol. The van der Waals surface area contributed by atoms with E-state index in [4.69, 9.17) is 10.8 Å². The average Bonchev–Trinajstić information content (AvgIpc) is 2.16. The van der Waals surface area contributed by atoms with Crippen LogP contribution in [0.3, 0.4) is 0 Å². The van der Waals surface area contributed by atoms with E-state index in [9.17, 15) is 9.59 Å². The van der Waals surface area contributed by atoms with E-state index in [0.29, 0.717) is 12.3 Å². The number of nitrogens with one attached hydrogen (secondary N) is 1. The van der Waals surface area contributed by atoms with Gasteiger partial charge in [0.2, 0.25) is 5.91 Å². The van der Waals surface area contributed by atoms with Crippen molar-refractivity contribution in [3.05, 3.63) is 0 Å². The summed E-state index contributed by atoms with van der Waals surface area (Å²) in [6, 6.07) is -0.310. The molecule has 0 bridgehead atoms. The predicted molar refractivity (Wildman–Crippen MR) is 61.9 cm³/mol. The van der Waals surface area contributed by atoms with Crippen LogP contribution in [0.5, 0.6) is 0 Å². The van der Waals surface area contributed by atoms with Gasteiger partial charge in [0.1, 0.15) is 0 Å². The number of amides is 1. The summed E-state index contributed by atoms with van der Waals surface area (Å²) in [7, 11) is 0. The first-order valence-electron chi connectivity index (χ1n) is 5.70. The lowest BCUT2D eigenvalue weighted by molar-refractivity contribution is -0.137. The lowest BCUT2D eigenvalue weighted by Crippen LogP contribution is -2.40. The lowest BCUT2D eigenvalue weighted by atomic mass is 9.95. The van der Waals surface area contributed by atoms with Gasteiger partial charge in [0.25, 0.3) is 0 Å². The molecule has 1 unspecified atom stereocenters. The molecule has 4 N–H and O–H groups in total. The van der Waals surface area contributed by atoms with Gasteiger partial charge in [0.15, 0.2) is 0 Å². The Balaban J connectivity index is 4.19. The van der Waals surface area contributed by atoms with Gasteiger partial charge >= 0.3 is 5.97 Å². The molecule has 2 atom stereocenters. The van der Waals surface area contributed by atoms with Gasteiger partial charge in [-0.05, 0) is 12.3 Å². The molecule has 0 aromatic carbocycles. The molecule has 0 aliphatic heterocycles. The summed E-state index contributed by atoms with van der Waals surface area (Å²) in [6.07, 6.45) is 2.74. The topological polar surface area (TPSA) is 92.4 Å². The van der Waals surface area contributed by atoms with Crippen molar-refractivity contribution in [2.45, 2.75) is 45.6 Å². The maximum absolute atomic E-state index is 11.1. The van der Waals surface area contributed by atoms with Crippen LogP contribution in [0.25, 0.3) is 0 Å². The van der Waals surface area contributed by atoms with Crippen LogP contribution in [0.15, 0.2) is 0 Å². The molecule has 5 heteroatoms. The summed E-state index contributed by atoms with van der Waals surface area (Å²) in [5.74, 6) is -0.784. The zero-order chi connectivity index (χ0) is 12.6. The monoisotopic (exact) mass is 230 g/mol. The Hall–Kier alpha value is -1.10. The first-order chi connectivity index (χ1) is 7.49. The first-order valence-corrected chi connectivity index (χ1v) is 5.70. The maximum atomic E-state index is 11.1. The van der Waals surface area contributed by atoms with Crippen LogP contribution < -0.4 is 11.1 Å². The number of hydrogen-bond acceptors (Lipinski definition) is 3. The fraction of sp³-hybridized carbons (Fsp3) is 0.818. The highest BCUT2D eigenvalue weighted by molar-refractivity contribution is 5.79. The summed E-state index contributed by atoms with van der Waals surface area (Å²) >= 11 is 0. The van der Waals surface area contributed by atoms with Crippen LogP contribution in [0.4, 0.5) is 0 Å². The molecule has 0 radical (unpaired) electrons. The van der Waals surface area contributed by atoms with Crippen molar-refractivity contribution in [2.24, 2.45) is 11.7 Å². The Kier molecular flexibility index (Phi) is 7.54. The number of carbonyl (C=O) groups is 2. The molecule has 0 fully saturated rings. The average molecular weight is 230 g/mol. The summed E-state index contributed by atoms with van der Waals surface area (Å²) in [6.45, 7) is 4.05. The van der Waals surface area contributed by atoms with Gasteiger partial charge in [0, 0.05) is 6.04 Å². The molecule has 0 rings (SSSR count). The number of carboxylic acid groups (broad SMARTS) is 1. The molecule has 0 saturated heterocycles. The fourth-order valence-corrected chi connectivity index (χ4v) is 1.79. The van der Waals surface area contributed by atoms with Crippen molar-refractivity contribution in [2.75, 3.05) is 6.54 Å². The van der Waals surface area contributed by atoms with E-state index in [1.54, 1.807) is 0 Å². The molecule has 0 aliphatic carbocycles. The van der Waals surface area contributed by atoms with E-state index in [-0.39, 0.29) is 24.9 Å². The molecule has 0 aliphatic rings. The van der Waals surface area contributed by atoms with Gasteiger partial charge in [-0.25, -0.2) is 0 Å². The minimum absolute atomic E-state index is 0.0419. The van der Waals surface area contributed by atoms with Crippen LogP contribution in [-0.2, 0) is 9.59 Å². The highest BCUT2D eigenvalue weighted by atomic mass is 16.4. The van der Waals surface area contributed by atoms with E-state index in [2.05, 4.69) is 19.2 Å². The van der Waals surface area contributed by atoms with Gasteiger partial charge in [-0.3, -0.25) is 9.59 Å². The van der Waals surface area contributed by atoms with E-state index in [1.165, 1.54) is 0 Å². The third kappa shape index (κ3) is 7.23. The van der Waals surface area contributed by atoms with E-state index in [0.717, 1.165) is 12.8 Å². The lowest BCUT2D eigenvalue weighted by Gasteiger charge is -2.20. The molecule has 94 valence electrons. The minimum atomic E-state index is -0.897. The fourth-order valence-electron chi connectivity index (χ4n) is 1.79. The van der Waals surface area contributed by atoms with E-state index in [1.807, 2.05) is 0 Å². The van der Waals surface area contributed by atoms with Crippen molar-refractivity contribution in [3.8, 4) is 0 Å². The van der Waals surface area contributed by atoms with E-state index < -0.39 is 5.97 Å². The number of nitrogens with two attached hydrogens (primary N) is 1. The van der Waals surface area contributed by atoms with Gasteiger partial charge < -0.3 is 16.2 Å². The van der Waals surface area contributed by atoms with Crippen LogP contribution in [-0.4, -0.2) is 29.6 Å². The van der Waals surface area contributed by atoms with Crippen molar-refractivity contribution in [1.29, 1.82) is 0 Å². The van der Waals surface area contributed by atoms with Crippen LogP contribution >= 0.6 is 0 Å². The number of hydrogen-bond donors (Lipinski definition) is 3. The Morgan fingerprint density at radius 3 is 2.50 bits per heavy atom. The molecule has 0 spiro atoms. The minimum Gasteiger partial charge on any atom is -0.481 e. The SMILES string of the molecule is CCCC(C)C[C@@H](CC(=O)O)NC(=O)CN. The zero-order valence-electron chi connectivity index (χ0n) is 10.0. The molecule has 0 heterocycles. The van der Waals surface area contributed by atoms with Crippen molar-refractivity contribution in [1.82, 2.24) is 5.32 Å². The second-order valence-corrected chi connectivity index (χ2v) is 4.20. The number of rotatable bonds is 8. The molecule has 16 heavy (non-hydrogen) atoms. The molecular formula is C11H22N2O3. The Bertz CT molecular complexity index is 231. The van der Waals surface area contributed by atoms with Crippen molar-refractivity contribution in [3.63, 3.8) is 0 Å². The second-order valence-electron chi connectivity index (χ2n) is 4.20. The van der Waals surface area contributed by atoms with Crippen molar-refractivity contribution < 1.29 is 14.7 Å². The second kappa shape index (κ2) is 8.10. The molecule has 5 nitrogen and oxygen atoms in total. The van der Waals surface area contributed by atoms with Crippen LogP contribution in [0.2, 0.25) is 0 Å². The highest BCUT2D eigenvalue weighted by Gasteiger charge is 2.17. The number of carboxylic acids is 1. The third-order valence-electron chi connectivity index (χ3n) is 2.44. The standard InChI is InChI=1S/C11H22N2O3/c1-3-4-8(2)5-9(6-11(15)16)13-10(14)7-12/h8-9H,3-7,12H2,1-2H3,(H,13,14)(H,15,16)/t8?,9-/m0/s1. The van der Waals surface area contributed by atoms with Gasteiger partial charge in [-0.1, -0.05) is 26.7 Å². The third-order valence-corrected chi connectivity index (χ3v) is 2.44. The molecule has 0 aromatic rings. The van der Waals surface area contributed by atoms with E-state index >= 15 is 0 Å². The zero-order valence-corrected chi connectivity index (χ0v) is 10.0. The predicted octanol–water partition coefficient (Wildman–Crippen LogP) is 0.731. The largest absolute Gasteiger partial charge is 0.481 e. The first kappa shape index (κ1) is 14.9. The number of carbonyl (C=O) groups excluding carboxylic acids is 1. The maximum Gasteiger partial charge on any atom is 0.305 e. The quantitative estimate of drug-likeness (QED) is 0.573. The number of aliphatic carboxylic acids is 1. The molecule has 1 amide bonds.